The molecule has 0 saturated heterocycles. The predicted octanol–water partition coefficient (Wildman–Crippen LogP) is 4.12. The Morgan fingerprint density at radius 1 is 1.07 bits per heavy atom. The first-order valence-electron chi connectivity index (χ1n) is 7.79. The van der Waals surface area contributed by atoms with Gasteiger partial charge in [-0.2, -0.15) is 5.26 Å². The molecule has 0 bridgehead atoms. The largest absolute Gasteiger partial charge is 0.292 e. The van der Waals surface area contributed by atoms with Gasteiger partial charge in [0.05, 0.1) is 21.6 Å². The van der Waals surface area contributed by atoms with E-state index in [2.05, 4.69) is 4.98 Å². The third-order valence-corrected chi connectivity index (χ3v) is 4.76. The number of nitro benzene ring substituents is 2. The van der Waals surface area contributed by atoms with Gasteiger partial charge in [0.15, 0.2) is 11.7 Å². The summed E-state index contributed by atoms with van der Waals surface area (Å²) >= 11 is 1.07. The molecule has 1 unspecified atom stereocenters. The molecule has 9 nitrogen and oxygen atoms in total. The second-order valence-electron chi connectivity index (χ2n) is 5.61. The SMILES string of the molecule is N#CC(C(=O)c1cccc([N+](=O)[O-])c1)c1nc(-c2cccc([N+](=O)[O-])c2)cs1. The van der Waals surface area contributed by atoms with Gasteiger partial charge in [-0.1, -0.05) is 24.3 Å². The molecular formula is C18H10N4O5S. The summed E-state index contributed by atoms with van der Waals surface area (Å²) in [5, 5.41) is 33.1. The summed E-state index contributed by atoms with van der Waals surface area (Å²) in [6.07, 6.45) is 0. The molecule has 0 aliphatic carbocycles. The quantitative estimate of drug-likeness (QED) is 0.348. The molecule has 28 heavy (non-hydrogen) atoms. The maximum atomic E-state index is 12.7. The molecule has 0 saturated carbocycles. The highest BCUT2D eigenvalue weighted by Gasteiger charge is 2.26. The maximum absolute atomic E-state index is 12.7. The molecule has 138 valence electrons. The van der Waals surface area contributed by atoms with E-state index in [9.17, 15) is 30.3 Å². The van der Waals surface area contributed by atoms with Gasteiger partial charge in [0, 0.05) is 40.8 Å². The van der Waals surface area contributed by atoms with Crippen LogP contribution in [0.15, 0.2) is 53.9 Å². The van der Waals surface area contributed by atoms with Crippen molar-refractivity contribution in [1.82, 2.24) is 4.98 Å². The lowest BCUT2D eigenvalue weighted by Crippen LogP contribution is -2.11. The standard InChI is InChI=1S/C18H10N4O5S/c19-9-15(17(23)12-4-2-6-14(8-12)22(26)27)18-20-16(10-28-18)11-3-1-5-13(7-11)21(24)25/h1-8,10,15H. The van der Waals surface area contributed by atoms with Gasteiger partial charge in [-0.3, -0.25) is 25.0 Å². The number of nitro groups is 2. The average Bonchev–Trinajstić information content (AvgIpc) is 3.18. The predicted molar refractivity (Wildman–Crippen MR) is 100.0 cm³/mol. The van der Waals surface area contributed by atoms with Crippen molar-refractivity contribution in [2.45, 2.75) is 5.92 Å². The first-order chi connectivity index (χ1) is 13.4. The molecule has 0 aliphatic rings. The van der Waals surface area contributed by atoms with E-state index in [0.29, 0.717) is 11.3 Å². The molecule has 0 N–H and O–H groups in total. The van der Waals surface area contributed by atoms with Crippen molar-refractivity contribution < 1.29 is 14.6 Å². The van der Waals surface area contributed by atoms with E-state index in [1.54, 1.807) is 11.4 Å². The number of hydrogen-bond acceptors (Lipinski definition) is 8. The summed E-state index contributed by atoms with van der Waals surface area (Å²) in [7, 11) is 0. The van der Waals surface area contributed by atoms with Gasteiger partial charge in [0.1, 0.15) is 5.01 Å². The summed E-state index contributed by atoms with van der Waals surface area (Å²) in [6.45, 7) is 0. The number of carbonyl (C=O) groups excluding carboxylic acids is 1. The molecule has 3 rings (SSSR count). The third kappa shape index (κ3) is 3.74. The van der Waals surface area contributed by atoms with E-state index in [1.807, 2.05) is 6.07 Å². The van der Waals surface area contributed by atoms with E-state index < -0.39 is 21.5 Å². The van der Waals surface area contributed by atoms with E-state index in [-0.39, 0.29) is 21.9 Å². The Kier molecular flexibility index (Phi) is 5.19. The molecular weight excluding hydrogens is 384 g/mol. The van der Waals surface area contributed by atoms with Crippen LogP contribution in [-0.4, -0.2) is 20.6 Å². The van der Waals surface area contributed by atoms with E-state index >= 15 is 0 Å². The molecule has 0 aliphatic heterocycles. The van der Waals surface area contributed by atoms with Gasteiger partial charge in [-0.15, -0.1) is 11.3 Å². The van der Waals surface area contributed by atoms with Gasteiger partial charge in [-0.25, -0.2) is 4.98 Å². The lowest BCUT2D eigenvalue weighted by atomic mass is 9.99. The second kappa shape index (κ2) is 7.73. The lowest BCUT2D eigenvalue weighted by Gasteiger charge is -2.05. The highest BCUT2D eigenvalue weighted by Crippen LogP contribution is 2.30. The van der Waals surface area contributed by atoms with Crippen LogP contribution in [0.25, 0.3) is 11.3 Å². The van der Waals surface area contributed by atoms with Crippen LogP contribution in [0.2, 0.25) is 0 Å². The summed E-state index contributed by atoms with van der Waals surface area (Å²) in [5.74, 6) is -1.84. The van der Waals surface area contributed by atoms with Crippen molar-refractivity contribution in [3.8, 4) is 17.3 Å². The molecule has 3 aromatic rings. The van der Waals surface area contributed by atoms with Gasteiger partial charge < -0.3 is 0 Å². The molecule has 1 atom stereocenters. The van der Waals surface area contributed by atoms with E-state index in [4.69, 9.17) is 0 Å². The fraction of sp³-hybridized carbons (Fsp3) is 0.0556. The van der Waals surface area contributed by atoms with Crippen molar-refractivity contribution in [2.24, 2.45) is 0 Å². The average molecular weight is 394 g/mol. The molecule has 0 amide bonds. The maximum Gasteiger partial charge on any atom is 0.270 e. The van der Waals surface area contributed by atoms with Gasteiger partial charge in [0.2, 0.25) is 0 Å². The molecule has 0 spiro atoms. The Bertz CT molecular complexity index is 1130. The number of nitriles is 1. The van der Waals surface area contributed by atoms with Gasteiger partial charge in [-0.05, 0) is 0 Å². The van der Waals surface area contributed by atoms with Crippen LogP contribution in [0.3, 0.4) is 0 Å². The zero-order valence-electron chi connectivity index (χ0n) is 14.0. The minimum absolute atomic E-state index is 0.0350. The topological polar surface area (TPSA) is 140 Å². The molecule has 1 aromatic heterocycles. The van der Waals surface area contributed by atoms with Crippen LogP contribution in [0.4, 0.5) is 11.4 Å². The Labute approximate surface area is 161 Å². The number of rotatable bonds is 6. The second-order valence-corrected chi connectivity index (χ2v) is 6.50. The summed E-state index contributed by atoms with van der Waals surface area (Å²) in [5.41, 5.74) is 0.565. The minimum atomic E-state index is -1.24. The Morgan fingerprint density at radius 2 is 1.71 bits per heavy atom. The molecule has 0 fully saturated rings. The van der Waals surface area contributed by atoms with Gasteiger partial charge in [0.25, 0.3) is 11.4 Å². The molecule has 0 radical (unpaired) electrons. The normalized spacial score (nSPS) is 11.4. The molecule has 1 heterocycles. The number of non-ortho nitro benzene ring substituents is 2. The number of aromatic nitrogens is 1. The monoisotopic (exact) mass is 394 g/mol. The summed E-state index contributed by atoms with van der Waals surface area (Å²) in [6, 6.07) is 12.9. The van der Waals surface area contributed by atoms with Crippen molar-refractivity contribution in [3.63, 3.8) is 0 Å². The highest BCUT2D eigenvalue weighted by atomic mass is 32.1. The van der Waals surface area contributed by atoms with Crippen molar-refractivity contribution in [2.75, 3.05) is 0 Å². The molecule has 2 aromatic carbocycles. The number of hydrogen-bond donors (Lipinski definition) is 0. The van der Waals surface area contributed by atoms with Gasteiger partial charge >= 0.3 is 0 Å². The zero-order chi connectivity index (χ0) is 20.3. The first-order valence-corrected chi connectivity index (χ1v) is 8.67. The van der Waals surface area contributed by atoms with Crippen LogP contribution in [0.1, 0.15) is 21.3 Å². The van der Waals surface area contributed by atoms with Crippen molar-refractivity contribution in [3.05, 3.63) is 84.7 Å². The molecule has 10 heteroatoms. The van der Waals surface area contributed by atoms with Crippen LogP contribution in [0, 0.1) is 31.6 Å². The van der Waals surface area contributed by atoms with Crippen LogP contribution in [-0.2, 0) is 0 Å². The third-order valence-electron chi connectivity index (χ3n) is 3.85. The fourth-order valence-corrected chi connectivity index (χ4v) is 3.37. The fourth-order valence-electron chi connectivity index (χ4n) is 2.50. The van der Waals surface area contributed by atoms with Crippen LogP contribution >= 0.6 is 11.3 Å². The van der Waals surface area contributed by atoms with Crippen LogP contribution in [0.5, 0.6) is 0 Å². The Balaban J connectivity index is 1.92. The number of benzene rings is 2. The van der Waals surface area contributed by atoms with E-state index in [0.717, 1.165) is 17.4 Å². The summed E-state index contributed by atoms with van der Waals surface area (Å²) in [4.78, 5) is 37.6. The Morgan fingerprint density at radius 3 is 2.36 bits per heavy atom. The number of thiazole rings is 1. The lowest BCUT2D eigenvalue weighted by molar-refractivity contribution is -0.385. The van der Waals surface area contributed by atoms with Crippen molar-refractivity contribution >= 4 is 28.5 Å². The van der Waals surface area contributed by atoms with Crippen molar-refractivity contribution in [1.29, 1.82) is 5.26 Å². The zero-order valence-corrected chi connectivity index (χ0v) is 14.8. The smallest absolute Gasteiger partial charge is 0.270 e. The minimum Gasteiger partial charge on any atom is -0.292 e. The number of Topliss-reactive ketones (excluding diaryl/α,β-unsaturated/α-hetero) is 1. The first kappa shape index (κ1) is 18.8. The Hall–Kier alpha value is -3.97. The van der Waals surface area contributed by atoms with Crippen LogP contribution < -0.4 is 0 Å². The highest BCUT2D eigenvalue weighted by molar-refractivity contribution is 7.10. The number of ketones is 1. The van der Waals surface area contributed by atoms with E-state index in [1.165, 1.54) is 36.4 Å². The number of nitrogens with zero attached hydrogens (tertiary/aromatic N) is 4. The number of carbonyl (C=O) groups is 1. The summed E-state index contributed by atoms with van der Waals surface area (Å²) < 4.78 is 0.